The summed E-state index contributed by atoms with van der Waals surface area (Å²) in [4.78, 5) is 12.1. The van der Waals surface area contributed by atoms with Gasteiger partial charge in [-0.25, -0.2) is 0 Å². The molecule has 0 heterocycles. The summed E-state index contributed by atoms with van der Waals surface area (Å²) in [5.41, 5.74) is 0. The van der Waals surface area contributed by atoms with E-state index in [1.165, 1.54) is 51.4 Å². The Kier molecular flexibility index (Phi) is 14.8. The third-order valence-electron chi connectivity index (χ3n) is 3.76. The van der Waals surface area contributed by atoms with Gasteiger partial charge in [0.25, 0.3) is 0 Å². The summed E-state index contributed by atoms with van der Waals surface area (Å²) in [5.74, 6) is 0.884. The molecular formula is C18H36BrNO. The van der Waals surface area contributed by atoms with Crippen LogP contribution in [-0.4, -0.2) is 17.3 Å². The van der Waals surface area contributed by atoms with Crippen molar-refractivity contribution in [3.63, 3.8) is 0 Å². The van der Waals surface area contributed by atoms with Crippen LogP contribution in [0.25, 0.3) is 0 Å². The van der Waals surface area contributed by atoms with Crippen LogP contribution in [0.2, 0.25) is 0 Å². The number of hydrogen-bond donors (Lipinski definition) is 1. The first-order valence-electron chi connectivity index (χ1n) is 8.97. The van der Waals surface area contributed by atoms with E-state index in [0.29, 0.717) is 17.2 Å². The molecule has 0 rings (SSSR count). The lowest BCUT2D eigenvalue weighted by Gasteiger charge is -2.13. The zero-order valence-electron chi connectivity index (χ0n) is 14.4. The highest BCUT2D eigenvalue weighted by Gasteiger charge is 2.08. The van der Waals surface area contributed by atoms with Crippen LogP contribution in [0.5, 0.6) is 0 Å². The van der Waals surface area contributed by atoms with Gasteiger partial charge in [-0.1, -0.05) is 88.1 Å². The van der Waals surface area contributed by atoms with Crippen molar-refractivity contribution >= 4 is 21.8 Å². The Bertz CT molecular complexity index is 243. The Labute approximate surface area is 141 Å². The zero-order valence-corrected chi connectivity index (χ0v) is 16.0. The molecule has 126 valence electrons. The number of hydrogen-bond acceptors (Lipinski definition) is 1. The SMILES string of the molecule is CCCCCCCCCCCC(=O)NCC(Br)CC(C)C. The third kappa shape index (κ3) is 16.2. The summed E-state index contributed by atoms with van der Waals surface area (Å²) in [5, 5.41) is 3.03. The second-order valence-corrected chi connectivity index (χ2v) is 7.90. The van der Waals surface area contributed by atoms with Crippen LogP contribution in [0, 0.1) is 5.92 Å². The molecule has 0 saturated heterocycles. The molecule has 0 aliphatic rings. The Morgan fingerprint density at radius 1 is 0.952 bits per heavy atom. The van der Waals surface area contributed by atoms with Crippen LogP contribution < -0.4 is 5.32 Å². The minimum absolute atomic E-state index is 0.214. The van der Waals surface area contributed by atoms with Gasteiger partial charge in [-0.15, -0.1) is 0 Å². The minimum atomic E-state index is 0.214. The molecule has 1 unspecified atom stereocenters. The molecule has 0 aliphatic carbocycles. The van der Waals surface area contributed by atoms with Gasteiger partial charge in [0.15, 0.2) is 0 Å². The summed E-state index contributed by atoms with van der Waals surface area (Å²) in [6.45, 7) is 7.43. The predicted molar refractivity (Wildman–Crippen MR) is 97.0 cm³/mol. The molecule has 0 bridgehead atoms. The molecule has 0 spiro atoms. The molecule has 0 aliphatic heterocycles. The minimum Gasteiger partial charge on any atom is -0.355 e. The Hall–Kier alpha value is -0.0500. The lowest BCUT2D eigenvalue weighted by molar-refractivity contribution is -0.121. The van der Waals surface area contributed by atoms with Gasteiger partial charge in [-0.3, -0.25) is 4.79 Å². The normalized spacial score (nSPS) is 12.6. The highest BCUT2D eigenvalue weighted by atomic mass is 79.9. The highest BCUT2D eigenvalue weighted by Crippen LogP contribution is 2.12. The summed E-state index contributed by atoms with van der Waals surface area (Å²) in [7, 11) is 0. The van der Waals surface area contributed by atoms with E-state index in [-0.39, 0.29) is 5.91 Å². The average Bonchev–Trinajstić information content (AvgIpc) is 2.42. The van der Waals surface area contributed by atoms with Gasteiger partial charge in [0.1, 0.15) is 0 Å². The number of rotatable bonds is 14. The fraction of sp³-hybridized carbons (Fsp3) is 0.944. The van der Waals surface area contributed by atoms with Crippen molar-refractivity contribution in [2.75, 3.05) is 6.54 Å². The van der Waals surface area contributed by atoms with Crippen LogP contribution in [-0.2, 0) is 4.79 Å². The van der Waals surface area contributed by atoms with Crippen molar-refractivity contribution in [1.82, 2.24) is 5.32 Å². The number of unbranched alkanes of at least 4 members (excludes halogenated alkanes) is 8. The number of halogens is 1. The molecule has 0 aromatic rings. The first-order chi connectivity index (χ1) is 10.1. The van der Waals surface area contributed by atoms with Crippen molar-refractivity contribution in [2.24, 2.45) is 5.92 Å². The molecule has 1 atom stereocenters. The van der Waals surface area contributed by atoms with Gasteiger partial charge in [0.05, 0.1) is 0 Å². The Morgan fingerprint density at radius 2 is 1.48 bits per heavy atom. The van der Waals surface area contributed by atoms with Crippen molar-refractivity contribution in [3.05, 3.63) is 0 Å². The number of carbonyl (C=O) groups is 1. The van der Waals surface area contributed by atoms with Gasteiger partial charge >= 0.3 is 0 Å². The molecule has 2 nitrogen and oxygen atoms in total. The van der Waals surface area contributed by atoms with Crippen molar-refractivity contribution in [2.45, 2.75) is 96.2 Å². The van der Waals surface area contributed by atoms with Crippen LogP contribution in [0.1, 0.15) is 91.4 Å². The van der Waals surface area contributed by atoms with E-state index in [4.69, 9.17) is 0 Å². The quantitative estimate of drug-likeness (QED) is 0.306. The molecule has 1 N–H and O–H groups in total. The van der Waals surface area contributed by atoms with Crippen molar-refractivity contribution < 1.29 is 4.79 Å². The fourth-order valence-electron chi connectivity index (χ4n) is 2.50. The second-order valence-electron chi connectivity index (χ2n) is 6.61. The predicted octanol–water partition coefficient (Wildman–Crippen LogP) is 5.83. The summed E-state index contributed by atoms with van der Waals surface area (Å²) in [6, 6.07) is 0. The molecule has 0 aromatic carbocycles. The first-order valence-corrected chi connectivity index (χ1v) is 9.88. The fourth-order valence-corrected chi connectivity index (χ4v) is 3.41. The van der Waals surface area contributed by atoms with Crippen LogP contribution in [0.4, 0.5) is 0 Å². The van der Waals surface area contributed by atoms with Crippen LogP contribution in [0.15, 0.2) is 0 Å². The van der Waals surface area contributed by atoms with E-state index in [0.717, 1.165) is 19.4 Å². The van der Waals surface area contributed by atoms with Crippen LogP contribution in [0.3, 0.4) is 0 Å². The highest BCUT2D eigenvalue weighted by molar-refractivity contribution is 9.09. The number of amides is 1. The molecule has 0 radical (unpaired) electrons. The van der Waals surface area contributed by atoms with E-state index in [1.54, 1.807) is 0 Å². The van der Waals surface area contributed by atoms with Gasteiger partial charge in [0, 0.05) is 17.8 Å². The van der Waals surface area contributed by atoms with Crippen molar-refractivity contribution in [3.8, 4) is 0 Å². The van der Waals surface area contributed by atoms with Gasteiger partial charge in [-0.05, 0) is 18.8 Å². The van der Waals surface area contributed by atoms with Crippen LogP contribution >= 0.6 is 15.9 Å². The maximum Gasteiger partial charge on any atom is 0.220 e. The largest absolute Gasteiger partial charge is 0.355 e. The lowest BCUT2D eigenvalue weighted by Crippen LogP contribution is -2.29. The summed E-state index contributed by atoms with van der Waals surface area (Å²) < 4.78 is 0. The van der Waals surface area contributed by atoms with E-state index in [9.17, 15) is 4.79 Å². The molecule has 21 heavy (non-hydrogen) atoms. The monoisotopic (exact) mass is 361 g/mol. The maximum atomic E-state index is 11.7. The summed E-state index contributed by atoms with van der Waals surface area (Å²) >= 11 is 3.62. The smallest absolute Gasteiger partial charge is 0.220 e. The third-order valence-corrected chi connectivity index (χ3v) is 4.45. The lowest BCUT2D eigenvalue weighted by atomic mass is 10.1. The molecule has 3 heteroatoms. The topological polar surface area (TPSA) is 29.1 Å². The molecule has 0 saturated carbocycles. The van der Waals surface area contributed by atoms with Gasteiger partial charge in [0.2, 0.25) is 5.91 Å². The number of nitrogens with one attached hydrogen (secondary N) is 1. The van der Waals surface area contributed by atoms with Crippen molar-refractivity contribution in [1.29, 1.82) is 0 Å². The first kappa shape index (κ1) is 20.9. The number of alkyl halides is 1. The van der Waals surface area contributed by atoms with Gasteiger partial charge in [-0.2, -0.15) is 0 Å². The molecular weight excluding hydrogens is 326 g/mol. The van der Waals surface area contributed by atoms with E-state index < -0.39 is 0 Å². The molecule has 1 amide bonds. The van der Waals surface area contributed by atoms with E-state index in [1.807, 2.05) is 0 Å². The Balaban J connectivity index is 3.30. The zero-order chi connectivity index (χ0) is 15.9. The molecule has 0 fully saturated rings. The number of carbonyl (C=O) groups excluding carboxylic acids is 1. The average molecular weight is 362 g/mol. The standard InChI is InChI=1S/C18H36BrNO/c1-4-5-6-7-8-9-10-11-12-13-18(21)20-15-17(19)14-16(2)3/h16-17H,4-15H2,1-3H3,(H,20,21). The maximum absolute atomic E-state index is 11.7. The van der Waals surface area contributed by atoms with E-state index in [2.05, 4.69) is 42.0 Å². The second kappa shape index (κ2) is 14.9. The summed E-state index contributed by atoms with van der Waals surface area (Å²) in [6.07, 6.45) is 13.5. The molecule has 0 aromatic heterocycles. The van der Waals surface area contributed by atoms with E-state index >= 15 is 0 Å². The van der Waals surface area contributed by atoms with Gasteiger partial charge < -0.3 is 5.32 Å². The Morgan fingerprint density at radius 3 is 2.00 bits per heavy atom.